The largest absolute Gasteiger partial charge is 0.325 e. The van der Waals surface area contributed by atoms with Crippen molar-refractivity contribution < 1.29 is 4.79 Å². The molecule has 3 heteroatoms. The van der Waals surface area contributed by atoms with E-state index in [1.807, 2.05) is 25.1 Å². The lowest BCUT2D eigenvalue weighted by molar-refractivity contribution is -0.117. The first-order valence-electron chi connectivity index (χ1n) is 4.74. The fourth-order valence-corrected chi connectivity index (χ4v) is 1.69. The van der Waals surface area contributed by atoms with Crippen LogP contribution in [0.5, 0.6) is 0 Å². The summed E-state index contributed by atoms with van der Waals surface area (Å²) in [5.74, 6) is 0.402. The quantitative estimate of drug-likeness (QED) is 0.863. The maximum Gasteiger partial charge on any atom is 0.227 e. The number of hydrogen-bond acceptors (Lipinski definition) is 1. The zero-order valence-electron chi connectivity index (χ0n) is 8.01. The van der Waals surface area contributed by atoms with Crippen LogP contribution in [0.3, 0.4) is 0 Å². The molecule has 1 amide bonds. The highest BCUT2D eigenvalue weighted by Crippen LogP contribution is 2.32. The van der Waals surface area contributed by atoms with Crippen LogP contribution in [0, 0.1) is 12.8 Å². The lowest BCUT2D eigenvalue weighted by atomic mass is 10.2. The number of hydrogen-bond donors (Lipinski definition) is 1. The molecule has 1 aliphatic rings. The Balaban J connectivity index is 2.15. The molecule has 0 bridgehead atoms. The Labute approximate surface area is 91.8 Å². The van der Waals surface area contributed by atoms with Gasteiger partial charge in [0.05, 0.1) is 5.69 Å². The first-order valence-corrected chi connectivity index (χ1v) is 5.54. The van der Waals surface area contributed by atoms with Crippen molar-refractivity contribution in [3.8, 4) is 0 Å². The Hall–Kier alpha value is -0.830. The topological polar surface area (TPSA) is 29.1 Å². The van der Waals surface area contributed by atoms with Gasteiger partial charge in [0.15, 0.2) is 0 Å². The standard InChI is InChI=1S/C11H12BrNO/c1-7-3-2-4-9(10(7)12)13-11(14)8-5-6-8/h2-4,8H,5-6H2,1H3,(H,13,14). The highest BCUT2D eigenvalue weighted by Gasteiger charge is 2.29. The van der Waals surface area contributed by atoms with E-state index in [-0.39, 0.29) is 11.8 Å². The Kier molecular flexibility index (Phi) is 2.59. The molecule has 0 atom stereocenters. The second-order valence-electron chi connectivity index (χ2n) is 3.70. The second kappa shape index (κ2) is 3.73. The summed E-state index contributed by atoms with van der Waals surface area (Å²) in [6, 6.07) is 5.87. The first-order chi connectivity index (χ1) is 6.68. The molecule has 0 radical (unpaired) electrons. The molecule has 1 aromatic rings. The van der Waals surface area contributed by atoms with Gasteiger partial charge in [-0.3, -0.25) is 4.79 Å². The number of aryl methyl sites for hydroxylation is 1. The average molecular weight is 254 g/mol. The lowest BCUT2D eigenvalue weighted by Crippen LogP contribution is -2.13. The van der Waals surface area contributed by atoms with Crippen molar-refractivity contribution in [1.29, 1.82) is 0 Å². The Bertz CT molecular complexity index is 372. The molecule has 0 unspecified atom stereocenters. The van der Waals surface area contributed by atoms with Crippen LogP contribution < -0.4 is 5.32 Å². The molecule has 0 saturated heterocycles. The molecular formula is C11H12BrNO. The van der Waals surface area contributed by atoms with E-state index in [0.29, 0.717) is 0 Å². The Morgan fingerprint density at radius 2 is 2.21 bits per heavy atom. The van der Waals surface area contributed by atoms with Gasteiger partial charge in [-0.2, -0.15) is 0 Å². The van der Waals surface area contributed by atoms with Crippen LogP contribution in [0.15, 0.2) is 22.7 Å². The van der Waals surface area contributed by atoms with Crippen LogP contribution in [0.4, 0.5) is 5.69 Å². The third-order valence-corrected chi connectivity index (χ3v) is 3.45. The molecule has 1 aliphatic carbocycles. The molecule has 1 N–H and O–H groups in total. The number of anilines is 1. The van der Waals surface area contributed by atoms with Crippen LogP contribution in [0.2, 0.25) is 0 Å². The van der Waals surface area contributed by atoms with E-state index in [0.717, 1.165) is 28.6 Å². The maximum absolute atomic E-state index is 11.5. The van der Waals surface area contributed by atoms with Crippen molar-refractivity contribution in [2.75, 3.05) is 5.32 Å². The molecule has 0 heterocycles. The van der Waals surface area contributed by atoms with Crippen molar-refractivity contribution in [3.05, 3.63) is 28.2 Å². The summed E-state index contributed by atoms with van der Waals surface area (Å²) in [6.07, 6.45) is 2.07. The van der Waals surface area contributed by atoms with Crippen LogP contribution in [0.1, 0.15) is 18.4 Å². The van der Waals surface area contributed by atoms with Crippen LogP contribution >= 0.6 is 15.9 Å². The summed E-state index contributed by atoms with van der Waals surface area (Å²) in [5, 5.41) is 2.93. The first kappa shape index (κ1) is 9.71. The van der Waals surface area contributed by atoms with Gasteiger partial charge in [-0.25, -0.2) is 0 Å². The van der Waals surface area contributed by atoms with Gasteiger partial charge in [0.25, 0.3) is 0 Å². The van der Waals surface area contributed by atoms with Crippen molar-refractivity contribution >= 4 is 27.5 Å². The minimum Gasteiger partial charge on any atom is -0.325 e. The predicted octanol–water partition coefficient (Wildman–Crippen LogP) is 3.11. The molecule has 2 rings (SSSR count). The molecule has 1 aromatic carbocycles. The van der Waals surface area contributed by atoms with Crippen molar-refractivity contribution in [3.63, 3.8) is 0 Å². The zero-order valence-corrected chi connectivity index (χ0v) is 9.60. The minimum absolute atomic E-state index is 0.149. The fourth-order valence-electron chi connectivity index (χ4n) is 1.32. The molecule has 0 aromatic heterocycles. The summed E-state index contributed by atoms with van der Waals surface area (Å²) in [4.78, 5) is 11.5. The molecule has 14 heavy (non-hydrogen) atoms. The highest BCUT2D eigenvalue weighted by molar-refractivity contribution is 9.10. The summed E-state index contributed by atoms with van der Waals surface area (Å²) in [6.45, 7) is 2.01. The fraction of sp³-hybridized carbons (Fsp3) is 0.364. The van der Waals surface area contributed by atoms with Gasteiger partial charge >= 0.3 is 0 Å². The second-order valence-corrected chi connectivity index (χ2v) is 4.49. The molecule has 2 nitrogen and oxygen atoms in total. The maximum atomic E-state index is 11.5. The number of amides is 1. The van der Waals surface area contributed by atoms with E-state index >= 15 is 0 Å². The summed E-state index contributed by atoms with van der Waals surface area (Å²) >= 11 is 3.46. The number of halogens is 1. The van der Waals surface area contributed by atoms with E-state index < -0.39 is 0 Å². The third kappa shape index (κ3) is 1.98. The summed E-state index contributed by atoms with van der Waals surface area (Å²) < 4.78 is 0.981. The van der Waals surface area contributed by atoms with E-state index in [9.17, 15) is 4.79 Å². The van der Waals surface area contributed by atoms with E-state index in [1.54, 1.807) is 0 Å². The van der Waals surface area contributed by atoms with Gasteiger partial charge in [-0.1, -0.05) is 12.1 Å². The number of benzene rings is 1. The van der Waals surface area contributed by atoms with Crippen molar-refractivity contribution in [2.45, 2.75) is 19.8 Å². The number of rotatable bonds is 2. The monoisotopic (exact) mass is 253 g/mol. The van der Waals surface area contributed by atoms with E-state index in [4.69, 9.17) is 0 Å². The van der Waals surface area contributed by atoms with Crippen molar-refractivity contribution in [1.82, 2.24) is 0 Å². The SMILES string of the molecule is Cc1cccc(NC(=O)C2CC2)c1Br. The average Bonchev–Trinajstić information content (AvgIpc) is 2.95. The summed E-state index contributed by atoms with van der Waals surface area (Å²) in [5.41, 5.74) is 2.01. The summed E-state index contributed by atoms with van der Waals surface area (Å²) in [7, 11) is 0. The zero-order chi connectivity index (χ0) is 10.1. The third-order valence-electron chi connectivity index (χ3n) is 2.40. The van der Waals surface area contributed by atoms with Gasteiger partial charge in [0, 0.05) is 10.4 Å². The van der Waals surface area contributed by atoms with Gasteiger partial charge in [0.2, 0.25) is 5.91 Å². The molecule has 1 saturated carbocycles. The van der Waals surface area contributed by atoms with Gasteiger partial charge < -0.3 is 5.32 Å². The van der Waals surface area contributed by atoms with E-state index in [2.05, 4.69) is 21.2 Å². The molecule has 0 aliphatic heterocycles. The number of carbonyl (C=O) groups excluding carboxylic acids is 1. The number of carbonyl (C=O) groups is 1. The Morgan fingerprint density at radius 1 is 1.50 bits per heavy atom. The van der Waals surface area contributed by atoms with Crippen molar-refractivity contribution in [2.24, 2.45) is 5.92 Å². The predicted molar refractivity (Wildman–Crippen MR) is 60.2 cm³/mol. The van der Waals surface area contributed by atoms with E-state index in [1.165, 1.54) is 0 Å². The molecule has 74 valence electrons. The molecule has 0 spiro atoms. The Morgan fingerprint density at radius 3 is 2.86 bits per heavy atom. The number of nitrogens with one attached hydrogen (secondary N) is 1. The van der Waals surface area contributed by atoms with Gasteiger partial charge in [-0.05, 0) is 47.3 Å². The lowest BCUT2D eigenvalue weighted by Gasteiger charge is -2.08. The molecule has 1 fully saturated rings. The van der Waals surface area contributed by atoms with Crippen LogP contribution in [-0.4, -0.2) is 5.91 Å². The molecular weight excluding hydrogens is 242 g/mol. The van der Waals surface area contributed by atoms with Crippen LogP contribution in [0.25, 0.3) is 0 Å². The normalized spacial score (nSPS) is 15.3. The van der Waals surface area contributed by atoms with Gasteiger partial charge in [-0.15, -0.1) is 0 Å². The van der Waals surface area contributed by atoms with Gasteiger partial charge in [0.1, 0.15) is 0 Å². The minimum atomic E-state index is 0.149. The smallest absolute Gasteiger partial charge is 0.227 e. The highest BCUT2D eigenvalue weighted by atomic mass is 79.9. The van der Waals surface area contributed by atoms with Crippen LogP contribution in [-0.2, 0) is 4.79 Å².